The lowest BCUT2D eigenvalue weighted by Gasteiger charge is -2.28. The van der Waals surface area contributed by atoms with Crippen molar-refractivity contribution in [2.24, 2.45) is 145 Å². The van der Waals surface area contributed by atoms with E-state index in [1.54, 1.807) is 12.1 Å². The van der Waals surface area contributed by atoms with Crippen LogP contribution in [0, 0.1) is 146 Å². The van der Waals surface area contributed by atoms with Gasteiger partial charge in [0.15, 0.2) is 9.84 Å². The van der Waals surface area contributed by atoms with Crippen molar-refractivity contribution in [2.75, 3.05) is 12.4 Å². The Kier molecular flexibility index (Phi) is 104. The molecular weight excluding hydrogens is 1770 g/mol. The second-order valence-electron chi connectivity index (χ2n) is 65.6. The third-order valence-corrected chi connectivity index (χ3v) is 27.9. The van der Waals surface area contributed by atoms with E-state index in [1.807, 2.05) is 39.8 Å². The minimum atomic E-state index is -3.13. The van der Waals surface area contributed by atoms with Crippen LogP contribution in [0.1, 0.15) is 702 Å². The molecule has 3 atom stereocenters. The molecular formula is C138H297NO4S. The van der Waals surface area contributed by atoms with E-state index in [0.717, 1.165) is 66.8 Å². The quantitative estimate of drug-likeness (QED) is 0.114. The van der Waals surface area contributed by atoms with Crippen LogP contribution < -0.4 is 5.73 Å². The summed E-state index contributed by atoms with van der Waals surface area (Å²) in [6.45, 7) is 157. The third-order valence-electron chi connectivity index (χ3n) is 25.7. The van der Waals surface area contributed by atoms with Crippen molar-refractivity contribution in [3.8, 4) is 0 Å². The average Bonchev–Trinajstić information content (AvgIpc) is 1.07. The molecule has 2 aliphatic carbocycles. The van der Waals surface area contributed by atoms with Gasteiger partial charge in [0.1, 0.15) is 0 Å². The van der Waals surface area contributed by atoms with Gasteiger partial charge in [-0.1, -0.05) is 624 Å². The highest BCUT2D eigenvalue weighted by molar-refractivity contribution is 7.91. The van der Waals surface area contributed by atoms with Gasteiger partial charge in [-0.2, -0.15) is 0 Å². The number of carbonyl (C=O) groups is 1. The first kappa shape index (κ1) is 173. The van der Waals surface area contributed by atoms with Gasteiger partial charge in [-0.25, -0.2) is 8.42 Å². The Morgan fingerprint density at radius 2 is 0.569 bits per heavy atom. The third kappa shape index (κ3) is 192. The van der Waals surface area contributed by atoms with E-state index in [4.69, 9.17) is 10.8 Å². The molecule has 0 aromatic heterocycles. The fourth-order valence-corrected chi connectivity index (χ4v) is 15.1. The summed E-state index contributed by atoms with van der Waals surface area (Å²) in [6.07, 6.45) is 44.9. The molecule has 0 spiro atoms. The Morgan fingerprint density at radius 1 is 0.319 bits per heavy atom. The van der Waals surface area contributed by atoms with Crippen LogP contribution in [0.4, 0.5) is 0 Å². The molecule has 0 saturated heterocycles. The van der Waals surface area contributed by atoms with E-state index >= 15 is 0 Å². The Balaban J connectivity index is -0.000000105. The second-order valence-corrected chi connectivity index (χ2v) is 67.6. The molecule has 0 radical (unpaired) electrons. The highest BCUT2D eigenvalue weighted by Crippen LogP contribution is 2.40. The normalized spacial score (nSPS) is 15.0. The van der Waals surface area contributed by atoms with Gasteiger partial charge in [0, 0.05) is 12.5 Å². The van der Waals surface area contributed by atoms with Crippen molar-refractivity contribution in [1.29, 1.82) is 0 Å². The molecule has 0 bridgehead atoms. The largest absolute Gasteiger partial charge is 0.396 e. The van der Waals surface area contributed by atoms with Gasteiger partial charge in [-0.05, 0) is 242 Å². The summed E-state index contributed by atoms with van der Waals surface area (Å²) in [7, 11) is -3.13. The Morgan fingerprint density at radius 3 is 0.715 bits per heavy atom. The van der Waals surface area contributed by atoms with Crippen LogP contribution in [0.25, 0.3) is 0 Å². The Bertz CT molecular complexity index is 2810. The topological polar surface area (TPSA) is 97.5 Å². The van der Waals surface area contributed by atoms with E-state index in [0.29, 0.717) is 98.6 Å². The highest BCUT2D eigenvalue weighted by atomic mass is 32.2. The molecule has 2 fully saturated rings. The van der Waals surface area contributed by atoms with Crippen molar-refractivity contribution < 1.29 is 18.3 Å². The van der Waals surface area contributed by atoms with E-state index < -0.39 is 9.84 Å². The summed E-state index contributed by atoms with van der Waals surface area (Å²) in [6, 6.07) is 7.01. The smallest absolute Gasteiger partial charge is 0.220 e. The zero-order chi connectivity index (χ0) is 119. The molecule has 0 heterocycles. The molecule has 1 aromatic rings. The maximum absolute atomic E-state index is 12.0. The summed E-state index contributed by atoms with van der Waals surface area (Å²) in [5.41, 5.74) is 14.4. The molecule has 3 unspecified atom stereocenters. The lowest BCUT2D eigenvalue weighted by Crippen LogP contribution is -2.27. The standard InChI is InChI=1S/C13H26.C12H18O2S.C10H21NO.C9H20O.C9H20.C8H16.3C8H18.5C7H16.3C6H14/c1-11-5-7-12(8-6-11)9-10-13(2,3)4;1-10-5-7-11(8-6-10)15(13,14)9-12(2,3)4;1-5-6-8(9(11)12)7-10(2,3)4;1-8(5-6-10)7-9(2,3)4;1-6-8(2)7-9(3,4)5;1-8(2,3)6-7-4-5-7;3*1-5-6-7-8(2,3)4;2*1-6(2)7(3,4)5;3*1-5-6-7(2,3)4;3*1-5-6(2,3)4/h11-12H,5-10H2,1-4H3;5-8H,9H2,1-4H3;8H,5-7H2,1-4H3,(H2,11,12);8,10H,5-7H2,1-4H3;8H,6-7H2,1-5H3;7H,4-6H2,1-3H3;3*5-7H2,1-4H3;2*6H,1-5H3;3*5-6H2,1-4H3;3*5H2,1-4H3. The number of sulfone groups is 1. The van der Waals surface area contributed by atoms with Crippen molar-refractivity contribution in [3.05, 3.63) is 29.8 Å². The number of amides is 1. The lowest BCUT2D eigenvalue weighted by atomic mass is 9.78. The van der Waals surface area contributed by atoms with Gasteiger partial charge in [-0.3, -0.25) is 4.79 Å². The summed E-state index contributed by atoms with van der Waals surface area (Å²) < 4.78 is 23.9. The number of benzene rings is 1. The van der Waals surface area contributed by atoms with Crippen LogP contribution in [0.15, 0.2) is 29.2 Å². The van der Waals surface area contributed by atoms with Gasteiger partial charge < -0.3 is 10.8 Å². The number of hydrogen-bond acceptors (Lipinski definition) is 4. The molecule has 884 valence electrons. The Labute approximate surface area is 923 Å². The van der Waals surface area contributed by atoms with E-state index in [9.17, 15) is 13.2 Å². The maximum Gasteiger partial charge on any atom is 0.220 e. The van der Waals surface area contributed by atoms with Gasteiger partial charge in [0.05, 0.1) is 10.6 Å². The van der Waals surface area contributed by atoms with E-state index in [-0.39, 0.29) is 28.4 Å². The SMILES string of the molecule is CC(C)(C)CC1CC1.CC(C)C(C)(C)C.CC(C)C(C)(C)C.CC(CCO)CC(C)(C)C.CC1CCC(CCC(C)(C)C)CC1.CCC(C)(C)C.CCC(C)(C)C.CCC(C)(C)C.CCC(C)CC(C)(C)C.CCCC(C)(C)C.CCCC(C)(C)C.CCCC(C)(C)C.CCCC(CC(C)(C)C)C(N)=O.CCCCC(C)(C)C.CCCCC(C)(C)C.CCCCC(C)(C)C.Cc1ccc(S(=O)(=O)CC(C)(C)C)cc1. The number of hydrogen-bond donors (Lipinski definition) is 2. The van der Waals surface area contributed by atoms with Crippen LogP contribution in [0.2, 0.25) is 0 Å². The first-order chi connectivity index (χ1) is 63.5. The zero-order valence-corrected chi connectivity index (χ0v) is 116. The monoisotopic (exact) mass is 2070 g/mol. The number of nitrogens with two attached hydrogens (primary N) is 1. The lowest BCUT2D eigenvalue weighted by molar-refractivity contribution is -0.123. The number of carbonyl (C=O) groups excluding carboxylic acids is 1. The molecule has 3 N–H and O–H groups in total. The molecule has 6 heteroatoms. The van der Waals surface area contributed by atoms with Gasteiger partial charge in [-0.15, -0.1) is 0 Å². The summed E-state index contributed by atoms with van der Waals surface area (Å²) in [5.74, 6) is 6.40. The van der Waals surface area contributed by atoms with Crippen LogP contribution >= 0.6 is 0 Å². The number of rotatable bonds is 23. The summed E-state index contributed by atoms with van der Waals surface area (Å²) >= 11 is 0. The van der Waals surface area contributed by atoms with Crippen molar-refractivity contribution >= 4 is 15.7 Å². The number of unbranched alkanes of at least 4 members (excludes halogenated alkanes) is 3. The van der Waals surface area contributed by atoms with E-state index in [1.165, 1.54) is 193 Å². The molecule has 5 nitrogen and oxygen atoms in total. The second kappa shape index (κ2) is 86.8. The van der Waals surface area contributed by atoms with Gasteiger partial charge in [0.2, 0.25) is 5.91 Å². The van der Waals surface area contributed by atoms with Crippen molar-refractivity contribution in [3.63, 3.8) is 0 Å². The van der Waals surface area contributed by atoms with Gasteiger partial charge in [0.25, 0.3) is 0 Å². The maximum atomic E-state index is 12.0. The first-order valence-corrected chi connectivity index (χ1v) is 62.3. The molecule has 2 aliphatic rings. The van der Waals surface area contributed by atoms with Gasteiger partial charge >= 0.3 is 0 Å². The predicted octanol–water partition coefficient (Wildman–Crippen LogP) is 49.4. The summed E-state index contributed by atoms with van der Waals surface area (Å²) in [4.78, 5) is 11.4. The molecule has 1 aromatic carbocycles. The van der Waals surface area contributed by atoms with Crippen LogP contribution in [-0.4, -0.2) is 31.8 Å². The van der Waals surface area contributed by atoms with Crippen molar-refractivity contribution in [2.45, 2.75) is 708 Å². The molecule has 1 amide bonds. The van der Waals surface area contributed by atoms with E-state index in [2.05, 4.69) is 457 Å². The van der Waals surface area contributed by atoms with Crippen LogP contribution in [0.3, 0.4) is 0 Å². The van der Waals surface area contributed by atoms with Crippen LogP contribution in [0.5, 0.6) is 0 Å². The highest BCUT2D eigenvalue weighted by Gasteiger charge is 2.29. The molecule has 3 rings (SSSR count). The fraction of sp³-hybridized carbons (Fsp3) is 0.949. The summed E-state index contributed by atoms with van der Waals surface area (Å²) in [5, 5.41) is 8.63. The molecule has 2 saturated carbocycles. The number of aliphatic hydroxyl groups excluding tert-OH is 1. The number of aryl methyl sites for hydroxylation is 1. The average molecular weight is 2070 g/mol. The molecule has 0 aliphatic heterocycles. The minimum Gasteiger partial charge on any atom is -0.396 e. The number of aliphatic hydroxyl groups is 1. The van der Waals surface area contributed by atoms with Crippen LogP contribution in [-0.2, 0) is 14.6 Å². The van der Waals surface area contributed by atoms with Crippen molar-refractivity contribution in [1.82, 2.24) is 0 Å². The minimum absolute atomic E-state index is 0.0648. The Hall–Kier alpha value is -1.40. The first-order valence-electron chi connectivity index (χ1n) is 60.7. The number of primary amides is 1. The molecule has 144 heavy (non-hydrogen) atoms. The zero-order valence-electron chi connectivity index (χ0n) is 115. The predicted molar refractivity (Wildman–Crippen MR) is 677 cm³/mol. The fourth-order valence-electron chi connectivity index (χ4n) is 13.2.